The third-order valence-corrected chi connectivity index (χ3v) is 7.32. The van der Waals surface area contributed by atoms with E-state index in [4.69, 9.17) is 14.2 Å². The van der Waals surface area contributed by atoms with E-state index in [9.17, 15) is 22.8 Å². The normalized spacial score (nSPS) is 14.9. The largest absolute Gasteiger partial charge is 0.493 e. The first-order valence-corrected chi connectivity index (χ1v) is 13.4. The Morgan fingerprint density at radius 3 is 2.41 bits per heavy atom. The Morgan fingerprint density at radius 1 is 1.07 bits per heavy atom. The molecule has 41 heavy (non-hydrogen) atoms. The van der Waals surface area contributed by atoms with Crippen molar-refractivity contribution in [3.63, 3.8) is 0 Å². The SMILES string of the molecule is COCCN(CC(=O)N1N=C(c2cccs2)CC1c1ccc(OC)c(OC)c1)C(=O)Nc1ccc(C(F)(F)F)cc1. The van der Waals surface area contributed by atoms with Crippen LogP contribution in [0.5, 0.6) is 11.5 Å². The highest BCUT2D eigenvalue weighted by atomic mass is 32.1. The molecule has 2 aromatic carbocycles. The predicted octanol–water partition coefficient (Wildman–Crippen LogP) is 5.64. The second kappa shape index (κ2) is 13.0. The molecule has 0 saturated heterocycles. The van der Waals surface area contributed by atoms with E-state index in [0.717, 1.165) is 40.4 Å². The van der Waals surface area contributed by atoms with E-state index in [1.807, 2.05) is 23.6 Å². The Balaban J connectivity index is 1.57. The van der Waals surface area contributed by atoms with Gasteiger partial charge in [0, 0.05) is 25.8 Å². The number of nitrogens with one attached hydrogen (secondary N) is 1. The average molecular weight is 591 g/mol. The standard InChI is InChI=1S/C28H29F3N4O5S/c1-38-13-12-34(27(37)32-20-9-7-19(8-10-20)28(29,30)31)17-26(36)35-22(16-21(33-35)25-5-4-14-41-25)18-6-11-23(39-2)24(15-18)40-3/h4-11,14-15,22H,12-13,16-17H2,1-3H3,(H,32,37). The third-order valence-electron chi connectivity index (χ3n) is 6.41. The van der Waals surface area contributed by atoms with E-state index in [1.165, 1.54) is 42.6 Å². The minimum Gasteiger partial charge on any atom is -0.493 e. The number of benzene rings is 2. The molecular weight excluding hydrogens is 561 g/mol. The summed E-state index contributed by atoms with van der Waals surface area (Å²) < 4.78 is 54.7. The molecular formula is C28H29F3N4O5S. The van der Waals surface area contributed by atoms with Crippen LogP contribution in [-0.4, -0.2) is 68.6 Å². The van der Waals surface area contributed by atoms with Crippen LogP contribution in [0.3, 0.4) is 0 Å². The van der Waals surface area contributed by atoms with Crippen LogP contribution < -0.4 is 14.8 Å². The summed E-state index contributed by atoms with van der Waals surface area (Å²) in [4.78, 5) is 28.9. The fourth-order valence-corrected chi connectivity index (χ4v) is 5.01. The number of hydrogen-bond donors (Lipinski definition) is 1. The molecule has 1 atom stereocenters. The van der Waals surface area contributed by atoms with Gasteiger partial charge in [-0.05, 0) is 53.4 Å². The lowest BCUT2D eigenvalue weighted by atomic mass is 10.0. The lowest BCUT2D eigenvalue weighted by molar-refractivity contribution is -0.137. The van der Waals surface area contributed by atoms with E-state index in [0.29, 0.717) is 17.9 Å². The Labute approximate surface area is 239 Å². The molecule has 1 unspecified atom stereocenters. The first kappa shape index (κ1) is 29.9. The van der Waals surface area contributed by atoms with Gasteiger partial charge in [0.2, 0.25) is 0 Å². The van der Waals surface area contributed by atoms with Crippen molar-refractivity contribution in [2.45, 2.75) is 18.6 Å². The van der Waals surface area contributed by atoms with E-state index in [2.05, 4.69) is 10.4 Å². The maximum atomic E-state index is 13.7. The molecule has 1 aliphatic heterocycles. The number of urea groups is 1. The van der Waals surface area contributed by atoms with Crippen LogP contribution in [0.2, 0.25) is 0 Å². The van der Waals surface area contributed by atoms with E-state index in [1.54, 1.807) is 12.1 Å². The quantitative estimate of drug-likeness (QED) is 0.330. The summed E-state index contributed by atoms with van der Waals surface area (Å²) in [5, 5.41) is 10.5. The molecule has 9 nitrogen and oxygen atoms in total. The van der Waals surface area contributed by atoms with Crippen LogP contribution in [0, 0.1) is 0 Å². The molecule has 1 aromatic heterocycles. The first-order valence-electron chi connectivity index (χ1n) is 12.5. The number of alkyl halides is 3. The maximum Gasteiger partial charge on any atom is 0.416 e. The van der Waals surface area contributed by atoms with Crippen molar-refractivity contribution in [1.29, 1.82) is 0 Å². The highest BCUT2D eigenvalue weighted by molar-refractivity contribution is 7.12. The van der Waals surface area contributed by atoms with Gasteiger partial charge < -0.3 is 24.4 Å². The molecule has 0 saturated carbocycles. The molecule has 4 rings (SSSR count). The van der Waals surface area contributed by atoms with Crippen LogP contribution in [0.15, 0.2) is 65.1 Å². The van der Waals surface area contributed by atoms with Crippen molar-refractivity contribution >= 4 is 34.7 Å². The minimum absolute atomic E-state index is 0.0606. The summed E-state index contributed by atoms with van der Waals surface area (Å²) in [6.07, 6.45) is -4.06. The molecule has 0 spiro atoms. The van der Waals surface area contributed by atoms with Crippen molar-refractivity contribution in [3.8, 4) is 11.5 Å². The third kappa shape index (κ3) is 7.16. The van der Waals surface area contributed by atoms with Crippen LogP contribution in [0.25, 0.3) is 0 Å². The molecule has 0 radical (unpaired) electrons. The average Bonchev–Trinajstić information content (AvgIpc) is 3.65. The summed E-state index contributed by atoms with van der Waals surface area (Å²) in [5.41, 5.74) is 0.812. The smallest absolute Gasteiger partial charge is 0.416 e. The molecule has 0 aliphatic carbocycles. The number of thiophene rings is 1. The Morgan fingerprint density at radius 2 is 1.80 bits per heavy atom. The Hall–Kier alpha value is -4.10. The zero-order valence-corrected chi connectivity index (χ0v) is 23.4. The van der Waals surface area contributed by atoms with Crippen molar-refractivity contribution in [3.05, 3.63) is 76.0 Å². The fraction of sp³-hybridized carbons (Fsp3) is 0.321. The molecule has 2 heterocycles. The number of nitrogens with zero attached hydrogens (tertiary/aromatic N) is 3. The molecule has 3 amide bonds. The first-order chi connectivity index (χ1) is 19.6. The maximum absolute atomic E-state index is 13.7. The van der Waals surface area contributed by atoms with Gasteiger partial charge in [0.15, 0.2) is 11.5 Å². The lowest BCUT2D eigenvalue weighted by Crippen LogP contribution is -2.44. The van der Waals surface area contributed by atoms with Gasteiger partial charge in [-0.25, -0.2) is 9.80 Å². The summed E-state index contributed by atoms with van der Waals surface area (Å²) in [6.45, 7) is -0.150. The van der Waals surface area contributed by atoms with Crippen LogP contribution >= 0.6 is 11.3 Å². The monoisotopic (exact) mass is 590 g/mol. The molecule has 1 aliphatic rings. The predicted molar refractivity (Wildman–Crippen MR) is 149 cm³/mol. The Bertz CT molecular complexity index is 1380. The number of carbonyl (C=O) groups is 2. The summed E-state index contributed by atoms with van der Waals surface area (Å²) >= 11 is 1.50. The Kier molecular flexibility index (Phi) is 9.50. The molecule has 218 valence electrons. The van der Waals surface area contributed by atoms with E-state index >= 15 is 0 Å². The second-order valence-corrected chi connectivity index (χ2v) is 9.96. The van der Waals surface area contributed by atoms with Gasteiger partial charge in [0.05, 0.1) is 43.0 Å². The van der Waals surface area contributed by atoms with Crippen LogP contribution in [0.4, 0.5) is 23.7 Å². The van der Waals surface area contributed by atoms with Gasteiger partial charge in [0.1, 0.15) is 6.54 Å². The number of halogens is 3. The van der Waals surface area contributed by atoms with Crippen molar-refractivity contribution in [1.82, 2.24) is 9.91 Å². The minimum atomic E-state index is -4.50. The number of hydrazone groups is 1. The molecule has 0 bridgehead atoms. The van der Waals surface area contributed by atoms with E-state index in [-0.39, 0.29) is 25.4 Å². The van der Waals surface area contributed by atoms with Gasteiger partial charge in [-0.1, -0.05) is 12.1 Å². The van der Waals surface area contributed by atoms with Crippen LogP contribution in [-0.2, 0) is 15.7 Å². The van der Waals surface area contributed by atoms with E-state index < -0.39 is 29.7 Å². The number of ether oxygens (including phenoxy) is 3. The van der Waals surface area contributed by atoms with Gasteiger partial charge in [-0.15, -0.1) is 11.3 Å². The van der Waals surface area contributed by atoms with Crippen LogP contribution in [0.1, 0.15) is 28.5 Å². The number of anilines is 1. The highest BCUT2D eigenvalue weighted by Gasteiger charge is 2.35. The zero-order valence-electron chi connectivity index (χ0n) is 22.6. The van der Waals surface area contributed by atoms with Crippen molar-refractivity contribution < 1.29 is 37.0 Å². The van der Waals surface area contributed by atoms with Gasteiger partial charge in [-0.3, -0.25) is 4.79 Å². The second-order valence-electron chi connectivity index (χ2n) is 9.02. The molecule has 1 N–H and O–H groups in total. The van der Waals surface area contributed by atoms with Gasteiger partial charge in [0.25, 0.3) is 5.91 Å². The molecule has 3 aromatic rings. The summed E-state index contributed by atoms with van der Waals surface area (Å²) in [6, 6.07) is 12.1. The number of amides is 3. The highest BCUT2D eigenvalue weighted by Crippen LogP contribution is 2.38. The number of carbonyl (C=O) groups excluding carboxylic acids is 2. The number of methoxy groups -OCH3 is 3. The summed E-state index contributed by atoms with van der Waals surface area (Å²) in [5.74, 6) is 0.590. The van der Waals surface area contributed by atoms with Crippen molar-refractivity contribution in [2.75, 3.05) is 46.3 Å². The van der Waals surface area contributed by atoms with Gasteiger partial charge in [-0.2, -0.15) is 18.3 Å². The lowest BCUT2D eigenvalue weighted by Gasteiger charge is -2.27. The molecule has 13 heteroatoms. The molecule has 0 fully saturated rings. The summed E-state index contributed by atoms with van der Waals surface area (Å²) in [7, 11) is 4.51. The zero-order chi connectivity index (χ0) is 29.6. The fourth-order valence-electron chi connectivity index (χ4n) is 4.29. The van der Waals surface area contributed by atoms with Crippen molar-refractivity contribution in [2.24, 2.45) is 5.10 Å². The number of rotatable bonds is 10. The topological polar surface area (TPSA) is 92.7 Å². The van der Waals surface area contributed by atoms with Gasteiger partial charge >= 0.3 is 12.2 Å². The number of hydrogen-bond acceptors (Lipinski definition) is 7.